The molecule has 0 atom stereocenters. The standard InChI is InChI=1S/C21H20BrN5OS/c1-14-19-20(27(25-14)17-6-4-3-5-7-17)24-21(29-19)26(2)13-18(28)23-12-15-8-10-16(22)11-9-15/h3-11H,12-13H2,1-2H3,(H,23,28). The van der Waals surface area contributed by atoms with Crippen molar-refractivity contribution in [3.05, 3.63) is 70.3 Å². The topological polar surface area (TPSA) is 63.1 Å². The van der Waals surface area contributed by atoms with Gasteiger partial charge in [-0.3, -0.25) is 4.79 Å². The van der Waals surface area contributed by atoms with Gasteiger partial charge in [0.1, 0.15) is 0 Å². The van der Waals surface area contributed by atoms with Crippen molar-refractivity contribution < 1.29 is 4.79 Å². The molecule has 148 valence electrons. The van der Waals surface area contributed by atoms with Gasteiger partial charge in [-0.1, -0.05) is 57.6 Å². The van der Waals surface area contributed by atoms with Crippen molar-refractivity contribution in [3.8, 4) is 5.69 Å². The summed E-state index contributed by atoms with van der Waals surface area (Å²) >= 11 is 4.97. The predicted molar refractivity (Wildman–Crippen MR) is 121 cm³/mol. The summed E-state index contributed by atoms with van der Waals surface area (Å²) in [7, 11) is 1.88. The summed E-state index contributed by atoms with van der Waals surface area (Å²) in [6.07, 6.45) is 0. The fourth-order valence-electron chi connectivity index (χ4n) is 2.98. The van der Waals surface area contributed by atoms with Gasteiger partial charge in [0.15, 0.2) is 10.8 Å². The molecule has 4 aromatic rings. The summed E-state index contributed by atoms with van der Waals surface area (Å²) in [5.74, 6) is -0.0453. The Labute approximate surface area is 181 Å². The number of aromatic nitrogens is 3. The number of aryl methyl sites for hydroxylation is 1. The summed E-state index contributed by atoms with van der Waals surface area (Å²) in [6, 6.07) is 17.8. The maximum Gasteiger partial charge on any atom is 0.239 e. The Balaban J connectivity index is 1.46. The van der Waals surface area contributed by atoms with E-state index in [1.807, 2.05) is 78.2 Å². The van der Waals surface area contributed by atoms with Gasteiger partial charge in [-0.25, -0.2) is 4.68 Å². The summed E-state index contributed by atoms with van der Waals surface area (Å²) in [4.78, 5) is 19.0. The van der Waals surface area contributed by atoms with E-state index in [4.69, 9.17) is 4.98 Å². The van der Waals surface area contributed by atoms with Crippen LogP contribution in [0.3, 0.4) is 0 Å². The van der Waals surface area contributed by atoms with Crippen LogP contribution in [0.15, 0.2) is 59.1 Å². The zero-order chi connectivity index (χ0) is 20.4. The Hall–Kier alpha value is -2.71. The number of halogens is 1. The van der Waals surface area contributed by atoms with Crippen molar-refractivity contribution in [3.63, 3.8) is 0 Å². The third-order valence-electron chi connectivity index (χ3n) is 4.49. The number of para-hydroxylation sites is 1. The predicted octanol–water partition coefficient (Wildman–Crippen LogP) is 4.31. The Kier molecular flexibility index (Phi) is 5.64. The molecule has 0 radical (unpaired) electrons. The fourth-order valence-corrected chi connectivity index (χ4v) is 4.19. The van der Waals surface area contributed by atoms with Gasteiger partial charge < -0.3 is 10.2 Å². The molecule has 0 spiro atoms. The lowest BCUT2D eigenvalue weighted by atomic mass is 10.2. The van der Waals surface area contributed by atoms with Crippen molar-refractivity contribution >= 4 is 48.7 Å². The van der Waals surface area contributed by atoms with Gasteiger partial charge in [-0.05, 0) is 36.8 Å². The van der Waals surface area contributed by atoms with E-state index in [0.717, 1.165) is 36.9 Å². The largest absolute Gasteiger partial charge is 0.350 e. The molecule has 0 saturated heterocycles. The third-order valence-corrected chi connectivity index (χ3v) is 6.28. The van der Waals surface area contributed by atoms with E-state index in [1.165, 1.54) is 0 Å². The monoisotopic (exact) mass is 469 g/mol. The SMILES string of the molecule is Cc1nn(-c2ccccc2)c2nc(N(C)CC(=O)NCc3ccc(Br)cc3)sc12. The summed E-state index contributed by atoms with van der Waals surface area (Å²) in [6.45, 7) is 2.72. The first kappa shape index (κ1) is 19.6. The van der Waals surface area contributed by atoms with Gasteiger partial charge in [-0.2, -0.15) is 10.1 Å². The molecule has 6 nitrogen and oxygen atoms in total. The molecule has 0 bridgehead atoms. The zero-order valence-corrected chi connectivity index (χ0v) is 18.5. The van der Waals surface area contributed by atoms with E-state index in [-0.39, 0.29) is 12.5 Å². The maximum atomic E-state index is 12.4. The van der Waals surface area contributed by atoms with E-state index >= 15 is 0 Å². The van der Waals surface area contributed by atoms with E-state index in [1.54, 1.807) is 11.3 Å². The van der Waals surface area contributed by atoms with Crippen LogP contribution in [0.2, 0.25) is 0 Å². The molecule has 0 saturated carbocycles. The second kappa shape index (κ2) is 8.34. The van der Waals surface area contributed by atoms with Crippen molar-refractivity contribution in [2.24, 2.45) is 0 Å². The highest BCUT2D eigenvalue weighted by molar-refractivity contribution is 9.10. The average molecular weight is 470 g/mol. The molecule has 29 heavy (non-hydrogen) atoms. The number of carbonyl (C=O) groups excluding carboxylic acids is 1. The molecule has 2 heterocycles. The molecule has 0 fully saturated rings. The highest BCUT2D eigenvalue weighted by Crippen LogP contribution is 2.31. The number of nitrogens with one attached hydrogen (secondary N) is 1. The number of likely N-dealkylation sites (N-methyl/N-ethyl adjacent to an activating group) is 1. The van der Waals surface area contributed by atoms with Gasteiger partial charge in [-0.15, -0.1) is 0 Å². The molecule has 0 aliphatic rings. The summed E-state index contributed by atoms with van der Waals surface area (Å²) in [5.41, 5.74) is 3.77. The van der Waals surface area contributed by atoms with Gasteiger partial charge in [0.25, 0.3) is 0 Å². The van der Waals surface area contributed by atoms with Gasteiger partial charge >= 0.3 is 0 Å². The Bertz CT molecular complexity index is 1140. The number of hydrogen-bond acceptors (Lipinski definition) is 5. The first-order valence-electron chi connectivity index (χ1n) is 9.15. The molecule has 4 rings (SSSR count). The minimum Gasteiger partial charge on any atom is -0.350 e. The number of benzene rings is 2. The molecule has 0 aliphatic carbocycles. The van der Waals surface area contributed by atoms with Crippen LogP contribution >= 0.6 is 27.3 Å². The van der Waals surface area contributed by atoms with Crippen molar-refractivity contribution in [2.45, 2.75) is 13.5 Å². The average Bonchev–Trinajstić information content (AvgIpc) is 3.29. The normalized spacial score (nSPS) is 11.0. The molecular weight excluding hydrogens is 450 g/mol. The zero-order valence-electron chi connectivity index (χ0n) is 16.1. The summed E-state index contributed by atoms with van der Waals surface area (Å²) < 4.78 is 3.91. The number of thiazole rings is 1. The molecule has 1 N–H and O–H groups in total. The van der Waals surface area contributed by atoms with Crippen LogP contribution in [0.25, 0.3) is 16.0 Å². The lowest BCUT2D eigenvalue weighted by molar-refractivity contribution is -0.119. The van der Waals surface area contributed by atoms with Crippen LogP contribution < -0.4 is 10.2 Å². The van der Waals surface area contributed by atoms with Crippen LogP contribution in [0, 0.1) is 6.92 Å². The Morgan fingerprint density at radius 1 is 1.17 bits per heavy atom. The molecule has 0 aliphatic heterocycles. The van der Waals surface area contributed by atoms with Crippen LogP contribution in [0.5, 0.6) is 0 Å². The van der Waals surface area contributed by atoms with E-state index in [2.05, 4.69) is 26.3 Å². The molecule has 2 aromatic heterocycles. The first-order chi connectivity index (χ1) is 14.0. The van der Waals surface area contributed by atoms with Crippen molar-refractivity contribution in [1.82, 2.24) is 20.1 Å². The van der Waals surface area contributed by atoms with Gasteiger partial charge in [0, 0.05) is 18.1 Å². The van der Waals surface area contributed by atoms with Crippen LogP contribution in [-0.2, 0) is 11.3 Å². The highest BCUT2D eigenvalue weighted by Gasteiger charge is 2.18. The lowest BCUT2D eigenvalue weighted by Gasteiger charge is -2.15. The number of hydrogen-bond donors (Lipinski definition) is 1. The number of amides is 1. The first-order valence-corrected chi connectivity index (χ1v) is 10.8. The fraction of sp³-hybridized carbons (Fsp3) is 0.190. The van der Waals surface area contributed by atoms with Crippen molar-refractivity contribution in [1.29, 1.82) is 0 Å². The molecular formula is C21H20BrN5OS. The second-order valence-corrected chi connectivity index (χ2v) is 8.63. The number of carbonyl (C=O) groups is 1. The minimum absolute atomic E-state index is 0.0453. The van der Waals surface area contributed by atoms with Crippen LogP contribution in [0.4, 0.5) is 5.13 Å². The smallest absolute Gasteiger partial charge is 0.239 e. The molecule has 2 aromatic carbocycles. The van der Waals surface area contributed by atoms with E-state index < -0.39 is 0 Å². The minimum atomic E-state index is -0.0453. The van der Waals surface area contributed by atoms with Crippen LogP contribution in [-0.4, -0.2) is 34.3 Å². The quantitative estimate of drug-likeness (QED) is 0.457. The molecule has 8 heteroatoms. The van der Waals surface area contributed by atoms with Gasteiger partial charge in [0.2, 0.25) is 5.91 Å². The Morgan fingerprint density at radius 2 is 1.90 bits per heavy atom. The number of fused-ring (bicyclic) bond motifs is 1. The number of nitrogens with zero attached hydrogens (tertiary/aromatic N) is 4. The number of anilines is 1. The maximum absolute atomic E-state index is 12.4. The highest BCUT2D eigenvalue weighted by atomic mass is 79.9. The lowest BCUT2D eigenvalue weighted by Crippen LogP contribution is -2.34. The molecule has 0 unspecified atom stereocenters. The third kappa shape index (κ3) is 4.33. The van der Waals surface area contributed by atoms with Gasteiger partial charge in [0.05, 0.1) is 22.6 Å². The molecule has 1 amide bonds. The van der Waals surface area contributed by atoms with E-state index in [0.29, 0.717) is 6.54 Å². The van der Waals surface area contributed by atoms with Crippen molar-refractivity contribution in [2.75, 3.05) is 18.5 Å². The summed E-state index contributed by atoms with van der Waals surface area (Å²) in [5, 5.41) is 8.37. The Morgan fingerprint density at radius 3 is 2.62 bits per heavy atom. The second-order valence-electron chi connectivity index (χ2n) is 6.74. The van der Waals surface area contributed by atoms with Crippen LogP contribution in [0.1, 0.15) is 11.3 Å². The van der Waals surface area contributed by atoms with E-state index in [9.17, 15) is 4.79 Å². The number of rotatable bonds is 6.